The zero-order valence-electron chi connectivity index (χ0n) is 14.1. The van der Waals surface area contributed by atoms with E-state index in [-0.39, 0.29) is 17.4 Å². The van der Waals surface area contributed by atoms with Gasteiger partial charge in [0.1, 0.15) is 11.5 Å². The van der Waals surface area contributed by atoms with Crippen LogP contribution in [0.15, 0.2) is 42.5 Å². The van der Waals surface area contributed by atoms with Crippen LogP contribution in [0.3, 0.4) is 0 Å². The van der Waals surface area contributed by atoms with Gasteiger partial charge in [0.2, 0.25) is 0 Å². The van der Waals surface area contributed by atoms with Crippen molar-refractivity contribution in [3.05, 3.63) is 58.6 Å². The molecule has 0 spiro atoms. The van der Waals surface area contributed by atoms with Crippen LogP contribution >= 0.6 is 23.2 Å². The largest absolute Gasteiger partial charge is 0.508 e. The standard InChI is InChI=1S/C19H20Cl2N2O3/c20-15-3-1-2-13(8-15)10-22-6-7-23(19(21)26)12-14(11-22)17-9-16(24)4-5-18(17)25/h1-5,8-9,14,24-25H,6-7,10-12H2. The maximum Gasteiger partial charge on any atom is 0.316 e. The highest BCUT2D eigenvalue weighted by Gasteiger charge is 2.28. The summed E-state index contributed by atoms with van der Waals surface area (Å²) in [6, 6.07) is 12.1. The molecular weight excluding hydrogens is 375 g/mol. The van der Waals surface area contributed by atoms with Crippen molar-refractivity contribution in [1.29, 1.82) is 0 Å². The number of hydrogen-bond acceptors (Lipinski definition) is 4. The van der Waals surface area contributed by atoms with Crippen molar-refractivity contribution in [2.45, 2.75) is 12.5 Å². The van der Waals surface area contributed by atoms with E-state index in [1.165, 1.54) is 12.1 Å². The Bertz CT molecular complexity index is 800. The molecule has 7 heteroatoms. The summed E-state index contributed by atoms with van der Waals surface area (Å²) in [6.07, 6.45) is 0. The minimum Gasteiger partial charge on any atom is -0.508 e. The van der Waals surface area contributed by atoms with E-state index in [1.807, 2.05) is 24.3 Å². The number of benzene rings is 2. The van der Waals surface area contributed by atoms with Gasteiger partial charge in [-0.3, -0.25) is 9.69 Å². The lowest BCUT2D eigenvalue weighted by molar-refractivity contribution is 0.220. The monoisotopic (exact) mass is 394 g/mol. The lowest BCUT2D eigenvalue weighted by Crippen LogP contribution is -2.32. The molecule has 1 saturated heterocycles. The van der Waals surface area contributed by atoms with E-state index >= 15 is 0 Å². The molecule has 138 valence electrons. The molecule has 2 aromatic rings. The lowest BCUT2D eigenvalue weighted by Gasteiger charge is -2.25. The molecule has 1 amide bonds. The van der Waals surface area contributed by atoms with Crippen LogP contribution in [0.4, 0.5) is 4.79 Å². The maximum atomic E-state index is 11.7. The van der Waals surface area contributed by atoms with Gasteiger partial charge in [-0.05, 0) is 47.5 Å². The number of phenols is 2. The second-order valence-corrected chi connectivity index (χ2v) is 7.26. The van der Waals surface area contributed by atoms with Gasteiger partial charge in [-0.25, -0.2) is 0 Å². The van der Waals surface area contributed by atoms with Crippen LogP contribution in [-0.4, -0.2) is 51.6 Å². The summed E-state index contributed by atoms with van der Waals surface area (Å²) in [6.45, 7) is 2.82. The van der Waals surface area contributed by atoms with E-state index in [4.69, 9.17) is 23.2 Å². The summed E-state index contributed by atoms with van der Waals surface area (Å²) in [5.74, 6) is -0.00181. The summed E-state index contributed by atoms with van der Waals surface area (Å²) in [4.78, 5) is 15.5. The van der Waals surface area contributed by atoms with E-state index in [2.05, 4.69) is 4.90 Å². The van der Waals surface area contributed by atoms with Crippen molar-refractivity contribution in [3.8, 4) is 11.5 Å². The fourth-order valence-corrected chi connectivity index (χ4v) is 3.71. The molecule has 1 aliphatic heterocycles. The molecule has 1 unspecified atom stereocenters. The Morgan fingerprint density at radius 2 is 1.92 bits per heavy atom. The molecule has 0 saturated carbocycles. The number of nitrogens with zero attached hydrogens (tertiary/aromatic N) is 2. The fraction of sp³-hybridized carbons (Fsp3) is 0.316. The van der Waals surface area contributed by atoms with Crippen LogP contribution in [0, 0.1) is 0 Å². The number of phenolic OH excluding ortho intramolecular Hbond substituents is 2. The number of rotatable bonds is 3. The molecule has 1 aliphatic rings. The number of carbonyl (C=O) groups excluding carboxylic acids is 1. The third-order valence-corrected chi connectivity index (χ3v) is 5.07. The highest BCUT2D eigenvalue weighted by atomic mass is 35.5. The summed E-state index contributed by atoms with van der Waals surface area (Å²) < 4.78 is 0. The highest BCUT2D eigenvalue weighted by Crippen LogP contribution is 2.32. The first-order valence-electron chi connectivity index (χ1n) is 8.35. The molecule has 0 bridgehead atoms. The van der Waals surface area contributed by atoms with Gasteiger partial charge in [-0.2, -0.15) is 0 Å². The van der Waals surface area contributed by atoms with Gasteiger partial charge in [0, 0.05) is 49.2 Å². The number of aromatic hydroxyl groups is 2. The molecule has 2 N–H and O–H groups in total. The summed E-state index contributed by atoms with van der Waals surface area (Å²) >= 11 is 11.8. The minimum atomic E-state index is -0.515. The van der Waals surface area contributed by atoms with Crippen LogP contribution in [0.1, 0.15) is 17.0 Å². The van der Waals surface area contributed by atoms with Gasteiger partial charge in [-0.1, -0.05) is 23.7 Å². The first-order valence-corrected chi connectivity index (χ1v) is 9.11. The summed E-state index contributed by atoms with van der Waals surface area (Å²) in [5, 5.41) is 20.2. The molecule has 1 fully saturated rings. The molecule has 1 heterocycles. The van der Waals surface area contributed by atoms with E-state index in [0.717, 1.165) is 5.56 Å². The van der Waals surface area contributed by atoms with Gasteiger partial charge in [0.25, 0.3) is 0 Å². The predicted octanol–water partition coefficient (Wildman–Crippen LogP) is 4.01. The Kier molecular flexibility index (Phi) is 5.91. The summed E-state index contributed by atoms with van der Waals surface area (Å²) in [7, 11) is 0. The molecule has 0 aromatic heterocycles. The zero-order chi connectivity index (χ0) is 18.7. The van der Waals surface area contributed by atoms with E-state index in [0.29, 0.717) is 43.3 Å². The van der Waals surface area contributed by atoms with Crippen molar-refractivity contribution < 1.29 is 15.0 Å². The Morgan fingerprint density at radius 3 is 2.65 bits per heavy atom. The molecule has 2 aromatic carbocycles. The van der Waals surface area contributed by atoms with Gasteiger partial charge in [-0.15, -0.1) is 0 Å². The fourth-order valence-electron chi connectivity index (χ4n) is 3.34. The Labute approximate surface area is 162 Å². The smallest absolute Gasteiger partial charge is 0.316 e. The third kappa shape index (κ3) is 4.61. The molecule has 26 heavy (non-hydrogen) atoms. The minimum absolute atomic E-state index is 0.0761. The van der Waals surface area contributed by atoms with Gasteiger partial charge in [0.05, 0.1) is 0 Å². The zero-order valence-corrected chi connectivity index (χ0v) is 15.6. The highest BCUT2D eigenvalue weighted by molar-refractivity contribution is 6.62. The number of amides is 1. The first kappa shape index (κ1) is 18.8. The quantitative estimate of drug-likeness (QED) is 0.468. The van der Waals surface area contributed by atoms with E-state index < -0.39 is 5.37 Å². The molecule has 0 aliphatic carbocycles. The predicted molar refractivity (Wildman–Crippen MR) is 102 cm³/mol. The van der Waals surface area contributed by atoms with Crippen molar-refractivity contribution in [2.24, 2.45) is 0 Å². The number of carbonyl (C=O) groups is 1. The second-order valence-electron chi connectivity index (χ2n) is 6.50. The van der Waals surface area contributed by atoms with E-state index in [9.17, 15) is 15.0 Å². The first-order chi connectivity index (χ1) is 12.4. The molecule has 0 radical (unpaired) electrons. The molecule has 1 atom stereocenters. The van der Waals surface area contributed by atoms with Crippen LogP contribution in [0.25, 0.3) is 0 Å². The van der Waals surface area contributed by atoms with Crippen molar-refractivity contribution in [3.63, 3.8) is 0 Å². The average Bonchev–Trinajstić information content (AvgIpc) is 2.80. The Balaban J connectivity index is 1.86. The Hall–Kier alpha value is -1.95. The average molecular weight is 395 g/mol. The lowest BCUT2D eigenvalue weighted by atomic mass is 9.96. The molecule has 3 rings (SSSR count). The van der Waals surface area contributed by atoms with Crippen LogP contribution < -0.4 is 0 Å². The van der Waals surface area contributed by atoms with Crippen LogP contribution in [0.2, 0.25) is 5.02 Å². The number of hydrogen-bond donors (Lipinski definition) is 2. The topological polar surface area (TPSA) is 64.0 Å². The van der Waals surface area contributed by atoms with Crippen LogP contribution in [0.5, 0.6) is 11.5 Å². The molecule has 5 nitrogen and oxygen atoms in total. The van der Waals surface area contributed by atoms with Gasteiger partial charge >= 0.3 is 5.37 Å². The van der Waals surface area contributed by atoms with Gasteiger partial charge < -0.3 is 15.1 Å². The van der Waals surface area contributed by atoms with Crippen LogP contribution in [-0.2, 0) is 6.54 Å². The molecular formula is C19H20Cl2N2O3. The third-order valence-electron chi connectivity index (χ3n) is 4.60. The van der Waals surface area contributed by atoms with Crippen molar-refractivity contribution in [2.75, 3.05) is 26.2 Å². The Morgan fingerprint density at radius 1 is 1.12 bits per heavy atom. The van der Waals surface area contributed by atoms with Crippen molar-refractivity contribution in [1.82, 2.24) is 9.80 Å². The summed E-state index contributed by atoms with van der Waals surface area (Å²) in [5.41, 5.74) is 1.67. The normalized spacial score (nSPS) is 18.5. The van der Waals surface area contributed by atoms with Gasteiger partial charge in [0.15, 0.2) is 0 Å². The SMILES string of the molecule is O=C(Cl)N1CCN(Cc2cccc(Cl)c2)CC(c2cc(O)ccc2O)C1. The maximum absolute atomic E-state index is 11.7. The van der Waals surface area contributed by atoms with E-state index in [1.54, 1.807) is 11.0 Å². The van der Waals surface area contributed by atoms with Crippen molar-refractivity contribution >= 4 is 28.6 Å². The number of halogens is 2. The second kappa shape index (κ2) is 8.16.